The largest absolute Gasteiger partial charge is 0.389 e. The van der Waals surface area contributed by atoms with Crippen LogP contribution in [0, 0.1) is 0 Å². The molecule has 0 amide bonds. The van der Waals surface area contributed by atoms with Crippen LogP contribution in [0.2, 0.25) is 0 Å². The van der Waals surface area contributed by atoms with E-state index in [1.165, 1.54) is 12.1 Å². The van der Waals surface area contributed by atoms with E-state index in [-0.39, 0.29) is 9.88 Å². The van der Waals surface area contributed by atoms with Crippen LogP contribution < -0.4 is 10.6 Å². The van der Waals surface area contributed by atoms with Crippen molar-refractivity contribution in [2.75, 3.05) is 26.3 Å². The standard InChI is InChI=1S/C11H15N3O3S2/c12-11(18)9-2-1-3-10(8-9)19(15,16)13-14-4-6-17-7-5-14/h1-3,8,13H,4-7H2,(H2,12,18). The van der Waals surface area contributed by atoms with Crippen molar-refractivity contribution in [3.63, 3.8) is 0 Å². The first-order valence-electron chi connectivity index (χ1n) is 5.74. The van der Waals surface area contributed by atoms with Gasteiger partial charge in [0.05, 0.1) is 18.1 Å². The fraction of sp³-hybridized carbons (Fsp3) is 0.364. The molecule has 0 saturated carbocycles. The molecular formula is C11H15N3O3S2. The maximum Gasteiger partial charge on any atom is 0.253 e. The Morgan fingerprint density at radius 2 is 2.05 bits per heavy atom. The van der Waals surface area contributed by atoms with Crippen LogP contribution in [0.5, 0.6) is 0 Å². The van der Waals surface area contributed by atoms with Crippen LogP contribution in [0.1, 0.15) is 5.56 Å². The van der Waals surface area contributed by atoms with Crippen molar-refractivity contribution in [1.82, 2.24) is 9.84 Å². The third kappa shape index (κ3) is 3.71. The number of nitrogens with zero attached hydrogens (tertiary/aromatic N) is 1. The van der Waals surface area contributed by atoms with E-state index in [2.05, 4.69) is 4.83 Å². The number of hydrogen-bond donors (Lipinski definition) is 2. The molecule has 6 nitrogen and oxygen atoms in total. The van der Waals surface area contributed by atoms with E-state index in [1.807, 2.05) is 0 Å². The number of nitrogens with two attached hydrogens (primary N) is 1. The summed E-state index contributed by atoms with van der Waals surface area (Å²) in [6, 6.07) is 6.26. The average Bonchev–Trinajstić information content (AvgIpc) is 2.39. The molecule has 0 aliphatic carbocycles. The monoisotopic (exact) mass is 301 g/mol. The average molecular weight is 301 g/mol. The Kier molecular flexibility index (Phi) is 4.48. The molecule has 104 valence electrons. The summed E-state index contributed by atoms with van der Waals surface area (Å²) in [5, 5.41) is 1.62. The fourth-order valence-electron chi connectivity index (χ4n) is 1.69. The van der Waals surface area contributed by atoms with Gasteiger partial charge in [-0.2, -0.15) is 0 Å². The number of ether oxygens (including phenoxy) is 1. The van der Waals surface area contributed by atoms with E-state index >= 15 is 0 Å². The zero-order valence-corrected chi connectivity index (χ0v) is 11.8. The highest BCUT2D eigenvalue weighted by Gasteiger charge is 2.20. The van der Waals surface area contributed by atoms with Gasteiger partial charge in [0.25, 0.3) is 10.0 Å². The topological polar surface area (TPSA) is 84.7 Å². The van der Waals surface area contributed by atoms with E-state index < -0.39 is 10.0 Å². The van der Waals surface area contributed by atoms with Gasteiger partial charge in [-0.3, -0.25) is 0 Å². The van der Waals surface area contributed by atoms with Crippen LogP contribution in [-0.4, -0.2) is 44.7 Å². The molecule has 2 rings (SSSR count). The molecule has 1 heterocycles. The summed E-state index contributed by atoms with van der Waals surface area (Å²) in [7, 11) is -3.61. The van der Waals surface area contributed by atoms with Gasteiger partial charge in [0.2, 0.25) is 0 Å². The lowest BCUT2D eigenvalue weighted by molar-refractivity contribution is 0.0272. The van der Waals surface area contributed by atoms with Gasteiger partial charge in [-0.25, -0.2) is 13.4 Å². The molecule has 1 saturated heterocycles. The predicted octanol–water partition coefficient (Wildman–Crippen LogP) is -0.154. The van der Waals surface area contributed by atoms with Crippen molar-refractivity contribution in [1.29, 1.82) is 0 Å². The summed E-state index contributed by atoms with van der Waals surface area (Å²) in [6.45, 7) is 2.06. The molecule has 1 aliphatic heterocycles. The van der Waals surface area contributed by atoms with Gasteiger partial charge < -0.3 is 10.5 Å². The Hall–Kier alpha value is -1.06. The molecule has 1 aromatic carbocycles. The second kappa shape index (κ2) is 5.93. The first-order chi connectivity index (χ1) is 8.99. The van der Waals surface area contributed by atoms with Gasteiger partial charge in [-0.05, 0) is 12.1 Å². The van der Waals surface area contributed by atoms with E-state index in [9.17, 15) is 8.42 Å². The van der Waals surface area contributed by atoms with Crippen LogP contribution in [0.4, 0.5) is 0 Å². The third-order valence-electron chi connectivity index (χ3n) is 2.69. The van der Waals surface area contributed by atoms with Gasteiger partial charge in [0, 0.05) is 18.7 Å². The van der Waals surface area contributed by atoms with Crippen molar-refractivity contribution in [3.8, 4) is 0 Å². The van der Waals surface area contributed by atoms with Crippen LogP contribution in [0.3, 0.4) is 0 Å². The minimum atomic E-state index is -3.61. The number of thiocarbonyl (C=S) groups is 1. The normalized spacial score (nSPS) is 17.3. The van der Waals surface area contributed by atoms with E-state index in [4.69, 9.17) is 22.7 Å². The third-order valence-corrected chi connectivity index (χ3v) is 4.30. The minimum Gasteiger partial charge on any atom is -0.389 e. The van der Waals surface area contributed by atoms with E-state index in [0.29, 0.717) is 31.9 Å². The zero-order valence-electron chi connectivity index (χ0n) is 10.2. The van der Waals surface area contributed by atoms with Gasteiger partial charge in [-0.1, -0.05) is 24.4 Å². The molecule has 0 aromatic heterocycles. The molecule has 1 fully saturated rings. The van der Waals surface area contributed by atoms with Crippen molar-refractivity contribution < 1.29 is 13.2 Å². The molecule has 8 heteroatoms. The maximum atomic E-state index is 12.2. The summed E-state index contributed by atoms with van der Waals surface area (Å²) >= 11 is 4.84. The SMILES string of the molecule is NC(=S)c1cccc(S(=O)(=O)NN2CCOCC2)c1. The smallest absolute Gasteiger partial charge is 0.253 e. The molecule has 3 N–H and O–H groups in total. The first kappa shape index (κ1) is 14.4. The fourth-order valence-corrected chi connectivity index (χ4v) is 2.99. The number of hydrazine groups is 1. The Bertz CT molecular complexity index is 568. The zero-order chi connectivity index (χ0) is 13.9. The Morgan fingerprint density at radius 1 is 1.37 bits per heavy atom. The highest BCUT2D eigenvalue weighted by atomic mass is 32.2. The number of nitrogens with one attached hydrogen (secondary N) is 1. The quantitative estimate of drug-likeness (QED) is 0.752. The Labute approximate surface area is 117 Å². The number of sulfonamides is 1. The molecule has 0 atom stereocenters. The number of hydrogen-bond acceptors (Lipinski definition) is 5. The number of benzene rings is 1. The number of morpholine rings is 1. The van der Waals surface area contributed by atoms with Crippen LogP contribution in [0.15, 0.2) is 29.2 Å². The molecule has 1 aromatic rings. The van der Waals surface area contributed by atoms with E-state index in [1.54, 1.807) is 17.1 Å². The summed E-state index contributed by atoms with van der Waals surface area (Å²) in [5.74, 6) is 0. The van der Waals surface area contributed by atoms with Crippen LogP contribution in [0.25, 0.3) is 0 Å². The predicted molar refractivity (Wildman–Crippen MR) is 75.0 cm³/mol. The molecule has 0 spiro atoms. The van der Waals surface area contributed by atoms with Gasteiger partial charge in [0.1, 0.15) is 4.99 Å². The van der Waals surface area contributed by atoms with Gasteiger partial charge in [0.15, 0.2) is 0 Å². The minimum absolute atomic E-state index is 0.143. The lowest BCUT2D eigenvalue weighted by Crippen LogP contribution is -2.48. The van der Waals surface area contributed by atoms with Crippen molar-refractivity contribution in [3.05, 3.63) is 29.8 Å². The van der Waals surface area contributed by atoms with Crippen molar-refractivity contribution in [2.24, 2.45) is 5.73 Å². The Balaban J connectivity index is 2.18. The first-order valence-corrected chi connectivity index (χ1v) is 7.63. The highest BCUT2D eigenvalue weighted by molar-refractivity contribution is 7.89. The summed E-state index contributed by atoms with van der Waals surface area (Å²) in [5.41, 5.74) is 6.03. The van der Waals surface area contributed by atoms with E-state index in [0.717, 1.165) is 0 Å². The second-order valence-corrected chi connectivity index (χ2v) is 6.19. The molecule has 0 unspecified atom stereocenters. The molecule has 0 bridgehead atoms. The van der Waals surface area contributed by atoms with Gasteiger partial charge >= 0.3 is 0 Å². The lowest BCUT2D eigenvalue weighted by Gasteiger charge is -2.26. The lowest BCUT2D eigenvalue weighted by atomic mass is 10.2. The van der Waals surface area contributed by atoms with Crippen molar-refractivity contribution >= 4 is 27.2 Å². The maximum absolute atomic E-state index is 12.2. The molecule has 1 aliphatic rings. The number of rotatable bonds is 4. The summed E-state index contributed by atoms with van der Waals surface area (Å²) in [6.07, 6.45) is 0. The second-order valence-electron chi connectivity index (χ2n) is 4.09. The Morgan fingerprint density at radius 3 is 2.68 bits per heavy atom. The van der Waals surface area contributed by atoms with Gasteiger partial charge in [-0.15, -0.1) is 4.83 Å². The molecule has 0 radical (unpaired) electrons. The molecule has 19 heavy (non-hydrogen) atoms. The van der Waals surface area contributed by atoms with Crippen LogP contribution in [-0.2, 0) is 14.8 Å². The van der Waals surface area contributed by atoms with Crippen molar-refractivity contribution in [2.45, 2.75) is 4.90 Å². The molecular weight excluding hydrogens is 286 g/mol. The summed E-state index contributed by atoms with van der Waals surface area (Å²) in [4.78, 5) is 2.83. The van der Waals surface area contributed by atoms with Crippen LogP contribution >= 0.6 is 12.2 Å². The summed E-state index contributed by atoms with van der Waals surface area (Å²) < 4.78 is 29.6. The highest BCUT2D eigenvalue weighted by Crippen LogP contribution is 2.12.